The summed E-state index contributed by atoms with van der Waals surface area (Å²) in [6.45, 7) is 1.87. The molecule has 0 aliphatic carbocycles. The van der Waals surface area contributed by atoms with Crippen molar-refractivity contribution in [3.8, 4) is 5.75 Å². The molecule has 0 aromatic heterocycles. The van der Waals surface area contributed by atoms with Gasteiger partial charge in [0.1, 0.15) is 5.75 Å². The van der Waals surface area contributed by atoms with Gasteiger partial charge < -0.3 is 4.74 Å². The van der Waals surface area contributed by atoms with Crippen molar-refractivity contribution in [2.45, 2.75) is 6.92 Å². The van der Waals surface area contributed by atoms with Crippen molar-refractivity contribution in [3.05, 3.63) is 64.2 Å². The fourth-order valence-corrected chi connectivity index (χ4v) is 2.03. The predicted octanol–water partition coefficient (Wildman–Crippen LogP) is 3.42. The molecule has 0 spiro atoms. The van der Waals surface area contributed by atoms with E-state index in [2.05, 4.69) is 10.5 Å². The normalized spacial score (nSPS) is 10.6. The van der Waals surface area contributed by atoms with Crippen molar-refractivity contribution in [1.82, 2.24) is 5.43 Å². The van der Waals surface area contributed by atoms with Crippen LogP contribution in [0.3, 0.4) is 0 Å². The first-order chi connectivity index (χ1) is 10.1. The lowest BCUT2D eigenvalue weighted by molar-refractivity contribution is 0.0954. The number of nitrogens with zero attached hydrogens (tertiary/aromatic N) is 1. The van der Waals surface area contributed by atoms with Crippen LogP contribution in [0.15, 0.2) is 47.6 Å². The Balaban J connectivity index is 2.11. The van der Waals surface area contributed by atoms with Gasteiger partial charge in [0, 0.05) is 16.1 Å². The van der Waals surface area contributed by atoms with Gasteiger partial charge in [-0.2, -0.15) is 5.10 Å². The van der Waals surface area contributed by atoms with E-state index in [1.165, 1.54) is 6.21 Å². The summed E-state index contributed by atoms with van der Waals surface area (Å²) in [6, 6.07) is 12.5. The summed E-state index contributed by atoms with van der Waals surface area (Å²) in [6.07, 6.45) is 1.50. The lowest BCUT2D eigenvalue weighted by Gasteiger charge is -2.05. The number of aryl methyl sites for hydroxylation is 1. The monoisotopic (exact) mass is 302 g/mol. The van der Waals surface area contributed by atoms with Crippen molar-refractivity contribution < 1.29 is 9.53 Å². The highest BCUT2D eigenvalue weighted by atomic mass is 35.5. The van der Waals surface area contributed by atoms with Crippen molar-refractivity contribution in [1.29, 1.82) is 0 Å². The Hall–Kier alpha value is -2.33. The highest BCUT2D eigenvalue weighted by Crippen LogP contribution is 2.20. The summed E-state index contributed by atoms with van der Waals surface area (Å²) in [5.41, 5.74) is 4.67. The molecule has 4 nitrogen and oxygen atoms in total. The van der Waals surface area contributed by atoms with Crippen LogP contribution in [-0.4, -0.2) is 19.2 Å². The van der Waals surface area contributed by atoms with Crippen molar-refractivity contribution in [3.63, 3.8) is 0 Å². The number of amides is 1. The first-order valence-corrected chi connectivity index (χ1v) is 6.72. The molecule has 0 saturated heterocycles. The van der Waals surface area contributed by atoms with Crippen LogP contribution < -0.4 is 10.2 Å². The molecular formula is C16H15ClN2O2. The summed E-state index contributed by atoms with van der Waals surface area (Å²) in [5, 5.41) is 4.52. The Kier molecular flexibility index (Phi) is 4.95. The molecule has 2 aromatic carbocycles. The lowest BCUT2D eigenvalue weighted by Crippen LogP contribution is -2.18. The van der Waals surface area contributed by atoms with Gasteiger partial charge >= 0.3 is 0 Å². The average Bonchev–Trinajstić information content (AvgIpc) is 2.48. The van der Waals surface area contributed by atoms with Gasteiger partial charge in [-0.1, -0.05) is 29.8 Å². The topological polar surface area (TPSA) is 50.7 Å². The molecule has 0 aliphatic rings. The van der Waals surface area contributed by atoms with E-state index in [9.17, 15) is 4.79 Å². The zero-order valence-corrected chi connectivity index (χ0v) is 12.5. The number of ether oxygens (including phenoxy) is 1. The Bertz CT molecular complexity index is 684. The van der Waals surface area contributed by atoms with Gasteiger partial charge in [-0.25, -0.2) is 5.43 Å². The molecule has 0 radical (unpaired) electrons. The van der Waals surface area contributed by atoms with Gasteiger partial charge in [-0.3, -0.25) is 4.79 Å². The van der Waals surface area contributed by atoms with E-state index < -0.39 is 0 Å². The smallest absolute Gasteiger partial charge is 0.271 e. The van der Waals surface area contributed by atoms with Gasteiger partial charge in [-0.05, 0) is 36.8 Å². The Labute approximate surface area is 128 Å². The fraction of sp³-hybridized carbons (Fsp3) is 0.125. The number of rotatable bonds is 4. The third-order valence-corrected chi connectivity index (χ3v) is 3.19. The van der Waals surface area contributed by atoms with Crippen molar-refractivity contribution in [2.75, 3.05) is 7.11 Å². The molecule has 0 fully saturated rings. The number of halogens is 1. The third-order valence-electron chi connectivity index (χ3n) is 2.95. The van der Waals surface area contributed by atoms with Crippen molar-refractivity contribution >= 4 is 23.7 Å². The number of methoxy groups -OCH3 is 1. The molecular weight excluding hydrogens is 288 g/mol. The maximum absolute atomic E-state index is 12.0. The molecule has 1 amide bonds. The second-order valence-corrected chi connectivity index (χ2v) is 4.84. The van der Waals surface area contributed by atoms with E-state index in [4.69, 9.17) is 16.3 Å². The molecule has 2 rings (SSSR count). The van der Waals surface area contributed by atoms with Crippen LogP contribution in [0.4, 0.5) is 0 Å². The van der Waals surface area contributed by atoms with Crippen LogP contribution in [0.1, 0.15) is 21.5 Å². The summed E-state index contributed by atoms with van der Waals surface area (Å²) in [7, 11) is 1.56. The maximum atomic E-state index is 12.0. The summed E-state index contributed by atoms with van der Waals surface area (Å²) < 4.78 is 5.20. The predicted molar refractivity (Wildman–Crippen MR) is 84.2 cm³/mol. The molecule has 0 bridgehead atoms. The summed E-state index contributed by atoms with van der Waals surface area (Å²) >= 11 is 5.93. The fourth-order valence-electron chi connectivity index (χ4n) is 1.85. The third kappa shape index (κ3) is 3.83. The lowest BCUT2D eigenvalue weighted by atomic mass is 10.1. The zero-order chi connectivity index (χ0) is 15.2. The van der Waals surface area contributed by atoms with E-state index in [0.717, 1.165) is 5.56 Å². The number of nitrogens with one attached hydrogen (secondary N) is 1. The number of benzene rings is 2. The molecule has 0 unspecified atom stereocenters. The number of carbonyl (C=O) groups excluding carboxylic acids is 1. The number of hydrazone groups is 1. The van der Waals surface area contributed by atoms with Gasteiger partial charge in [-0.15, -0.1) is 0 Å². The molecule has 5 heteroatoms. The van der Waals surface area contributed by atoms with Crippen LogP contribution in [0, 0.1) is 6.92 Å². The van der Waals surface area contributed by atoms with Crippen LogP contribution in [-0.2, 0) is 0 Å². The van der Waals surface area contributed by atoms with E-state index in [1.807, 2.05) is 25.1 Å². The van der Waals surface area contributed by atoms with Gasteiger partial charge in [0.25, 0.3) is 5.91 Å². The molecule has 2 aromatic rings. The van der Waals surface area contributed by atoms with Gasteiger partial charge in [0.05, 0.1) is 13.3 Å². The second-order valence-electron chi connectivity index (χ2n) is 4.40. The quantitative estimate of drug-likeness (QED) is 0.695. The maximum Gasteiger partial charge on any atom is 0.271 e. The van der Waals surface area contributed by atoms with E-state index in [-0.39, 0.29) is 5.91 Å². The number of hydrogen-bond acceptors (Lipinski definition) is 3. The van der Waals surface area contributed by atoms with Crippen LogP contribution in [0.5, 0.6) is 5.75 Å². The minimum atomic E-state index is -0.259. The highest BCUT2D eigenvalue weighted by molar-refractivity contribution is 6.30. The Morgan fingerprint density at radius 3 is 2.76 bits per heavy atom. The molecule has 0 saturated carbocycles. The molecule has 108 valence electrons. The van der Waals surface area contributed by atoms with Gasteiger partial charge in [0.15, 0.2) is 0 Å². The average molecular weight is 303 g/mol. The SMILES string of the molecule is COc1ccc(Cl)cc1C=NNC(=O)c1ccccc1C. The zero-order valence-electron chi connectivity index (χ0n) is 11.8. The largest absolute Gasteiger partial charge is 0.496 e. The molecule has 1 N–H and O–H groups in total. The molecule has 0 atom stereocenters. The second kappa shape index (κ2) is 6.90. The molecule has 0 aliphatic heterocycles. The van der Waals surface area contributed by atoms with E-state index in [1.54, 1.807) is 31.4 Å². The minimum Gasteiger partial charge on any atom is -0.496 e. The van der Waals surface area contributed by atoms with Gasteiger partial charge in [0.2, 0.25) is 0 Å². The first-order valence-electron chi connectivity index (χ1n) is 6.34. The van der Waals surface area contributed by atoms with E-state index >= 15 is 0 Å². The highest BCUT2D eigenvalue weighted by Gasteiger charge is 2.06. The standard InChI is InChI=1S/C16H15ClN2O2/c1-11-5-3-4-6-14(11)16(20)19-18-10-12-9-13(17)7-8-15(12)21-2/h3-10H,1-2H3,(H,19,20). The van der Waals surface area contributed by atoms with Crippen LogP contribution >= 0.6 is 11.6 Å². The first kappa shape index (κ1) is 15.1. The Morgan fingerprint density at radius 2 is 2.05 bits per heavy atom. The molecule has 21 heavy (non-hydrogen) atoms. The van der Waals surface area contributed by atoms with Crippen molar-refractivity contribution in [2.24, 2.45) is 5.10 Å². The number of hydrogen-bond donors (Lipinski definition) is 1. The number of carbonyl (C=O) groups is 1. The van der Waals surface area contributed by atoms with Crippen LogP contribution in [0.2, 0.25) is 5.02 Å². The summed E-state index contributed by atoms with van der Waals surface area (Å²) in [4.78, 5) is 12.0. The summed E-state index contributed by atoms with van der Waals surface area (Å²) in [5.74, 6) is 0.374. The van der Waals surface area contributed by atoms with Crippen LogP contribution in [0.25, 0.3) is 0 Å². The van der Waals surface area contributed by atoms with E-state index in [0.29, 0.717) is 21.9 Å². The molecule has 0 heterocycles. The minimum absolute atomic E-state index is 0.259. The Morgan fingerprint density at radius 1 is 1.29 bits per heavy atom.